The highest BCUT2D eigenvalue weighted by molar-refractivity contribution is 6.25. The lowest BCUT2D eigenvalue weighted by Crippen LogP contribution is -2.54. The Hall–Kier alpha value is -2.74. The number of nitrogens with one attached hydrogen (secondary N) is 2. The van der Waals surface area contributed by atoms with Crippen LogP contribution in [0.2, 0.25) is 0 Å². The van der Waals surface area contributed by atoms with Gasteiger partial charge in [-0.25, -0.2) is 0 Å². The predicted molar refractivity (Wildman–Crippen MR) is 80.2 cm³/mol. The van der Waals surface area contributed by atoms with Crippen LogP contribution < -0.4 is 15.4 Å². The van der Waals surface area contributed by atoms with Crippen LogP contribution >= 0.6 is 0 Å². The second-order valence-electron chi connectivity index (χ2n) is 6.02. The van der Waals surface area contributed by atoms with Gasteiger partial charge in [-0.3, -0.25) is 29.4 Å². The first-order valence-corrected chi connectivity index (χ1v) is 7.68. The molecular formula is C16H15N3O5. The lowest BCUT2D eigenvalue weighted by atomic mass is 9.98. The molecular weight excluding hydrogens is 314 g/mol. The number of carbonyl (C=O) groups excluding carboxylic acids is 4. The summed E-state index contributed by atoms with van der Waals surface area (Å²) < 4.78 is 5.30. The minimum absolute atomic E-state index is 0.0978. The Morgan fingerprint density at radius 3 is 2.58 bits per heavy atom. The summed E-state index contributed by atoms with van der Waals surface area (Å²) in [5.74, 6) is -1.72. The fraction of sp³-hybridized carbons (Fsp3) is 0.375. The second-order valence-corrected chi connectivity index (χ2v) is 6.02. The van der Waals surface area contributed by atoms with Crippen LogP contribution in [-0.2, 0) is 22.7 Å². The van der Waals surface area contributed by atoms with E-state index in [0.717, 1.165) is 16.0 Å². The van der Waals surface area contributed by atoms with Crippen molar-refractivity contribution in [1.82, 2.24) is 15.5 Å². The van der Waals surface area contributed by atoms with Crippen molar-refractivity contribution >= 4 is 23.6 Å². The molecule has 0 spiro atoms. The van der Waals surface area contributed by atoms with Crippen molar-refractivity contribution in [3.05, 3.63) is 28.3 Å². The summed E-state index contributed by atoms with van der Waals surface area (Å²) in [5.41, 5.74) is 2.20. The largest absolute Gasteiger partial charge is 0.496 e. The summed E-state index contributed by atoms with van der Waals surface area (Å²) in [6.45, 7) is 1.09. The molecule has 0 aromatic heterocycles. The average Bonchev–Trinajstić information content (AvgIpc) is 3.11. The van der Waals surface area contributed by atoms with Crippen LogP contribution in [0.3, 0.4) is 0 Å². The number of hydrogen-bond donors (Lipinski definition) is 2. The molecule has 1 atom stereocenters. The molecule has 0 aliphatic carbocycles. The van der Waals surface area contributed by atoms with Crippen molar-refractivity contribution in [2.45, 2.75) is 32.0 Å². The molecule has 1 unspecified atom stereocenters. The van der Waals surface area contributed by atoms with Crippen LogP contribution in [0.5, 0.6) is 5.75 Å². The smallest absolute Gasteiger partial charge is 0.266 e. The number of methoxy groups -OCH3 is 1. The number of hydrogen-bond acceptors (Lipinski definition) is 6. The van der Waals surface area contributed by atoms with Gasteiger partial charge in [0.05, 0.1) is 18.2 Å². The molecule has 8 nitrogen and oxygen atoms in total. The van der Waals surface area contributed by atoms with E-state index >= 15 is 0 Å². The molecule has 3 heterocycles. The highest BCUT2D eigenvalue weighted by atomic mass is 16.5. The molecule has 2 N–H and O–H groups in total. The summed E-state index contributed by atoms with van der Waals surface area (Å²) in [6.07, 6.45) is 0.236. The molecule has 1 fully saturated rings. The van der Waals surface area contributed by atoms with Gasteiger partial charge in [-0.2, -0.15) is 0 Å². The number of benzene rings is 1. The first-order valence-electron chi connectivity index (χ1n) is 7.68. The number of ether oxygens (including phenoxy) is 1. The summed E-state index contributed by atoms with van der Waals surface area (Å²) in [6, 6.07) is 0.789. The number of carbonyl (C=O) groups is 4. The van der Waals surface area contributed by atoms with Crippen LogP contribution in [0, 0.1) is 0 Å². The zero-order chi connectivity index (χ0) is 17.0. The molecule has 24 heavy (non-hydrogen) atoms. The van der Waals surface area contributed by atoms with E-state index < -0.39 is 29.7 Å². The molecule has 4 amide bonds. The SMILES string of the molecule is COc1cc2c(c3c1C(=O)N(C1CCC(=O)NC1=O)C3=O)CNC2. The average molecular weight is 329 g/mol. The summed E-state index contributed by atoms with van der Waals surface area (Å²) in [7, 11) is 1.44. The Morgan fingerprint density at radius 2 is 1.88 bits per heavy atom. The minimum atomic E-state index is -0.968. The van der Waals surface area contributed by atoms with Crippen LogP contribution in [0.25, 0.3) is 0 Å². The maximum Gasteiger partial charge on any atom is 0.266 e. The normalized spacial score (nSPS) is 22.5. The van der Waals surface area contributed by atoms with Crippen molar-refractivity contribution in [2.75, 3.05) is 7.11 Å². The summed E-state index contributed by atoms with van der Waals surface area (Å²) >= 11 is 0. The number of nitrogens with zero attached hydrogens (tertiary/aromatic N) is 1. The van der Waals surface area contributed by atoms with E-state index in [0.29, 0.717) is 24.4 Å². The lowest BCUT2D eigenvalue weighted by Gasteiger charge is -2.27. The fourth-order valence-electron chi connectivity index (χ4n) is 3.59. The molecule has 3 aliphatic heterocycles. The van der Waals surface area contributed by atoms with Crippen LogP contribution in [0.15, 0.2) is 6.07 Å². The standard InChI is InChI=1S/C16H15N3O5/c1-24-10-4-7-5-17-6-8(7)12-13(10)16(23)19(15(12)22)9-2-3-11(20)18-14(9)21/h4,9,17H,2-3,5-6H2,1H3,(H,18,20,21). The number of amides is 4. The van der Waals surface area contributed by atoms with Crippen molar-refractivity contribution in [1.29, 1.82) is 0 Å². The number of piperidine rings is 1. The fourth-order valence-corrected chi connectivity index (χ4v) is 3.59. The van der Waals surface area contributed by atoms with E-state index in [4.69, 9.17) is 4.74 Å². The van der Waals surface area contributed by atoms with Gasteiger partial charge in [-0.1, -0.05) is 0 Å². The number of imide groups is 2. The van der Waals surface area contributed by atoms with Gasteiger partial charge in [0.15, 0.2) is 0 Å². The van der Waals surface area contributed by atoms with Gasteiger partial charge in [0.25, 0.3) is 11.8 Å². The van der Waals surface area contributed by atoms with Crippen LogP contribution in [0.1, 0.15) is 44.7 Å². The Kier molecular flexibility index (Phi) is 3.17. The molecule has 0 radical (unpaired) electrons. The van der Waals surface area contributed by atoms with E-state index in [1.165, 1.54) is 7.11 Å². The van der Waals surface area contributed by atoms with Crippen LogP contribution in [-0.4, -0.2) is 41.7 Å². The highest BCUT2D eigenvalue weighted by Gasteiger charge is 2.47. The Balaban J connectivity index is 1.81. The summed E-state index contributed by atoms with van der Waals surface area (Å²) in [5, 5.41) is 5.34. The molecule has 0 bridgehead atoms. The molecule has 3 aliphatic rings. The maximum absolute atomic E-state index is 12.9. The van der Waals surface area contributed by atoms with Gasteiger partial charge >= 0.3 is 0 Å². The zero-order valence-corrected chi connectivity index (χ0v) is 13.0. The van der Waals surface area contributed by atoms with E-state index in [1.807, 2.05) is 0 Å². The lowest BCUT2D eigenvalue weighted by molar-refractivity contribution is -0.136. The summed E-state index contributed by atoms with van der Waals surface area (Å²) in [4.78, 5) is 50.2. The first kappa shape index (κ1) is 14.8. The van der Waals surface area contributed by atoms with Gasteiger partial charge in [-0.05, 0) is 23.6 Å². The van der Waals surface area contributed by atoms with Gasteiger partial charge in [-0.15, -0.1) is 0 Å². The van der Waals surface area contributed by atoms with Crippen molar-refractivity contribution in [3.8, 4) is 5.75 Å². The molecule has 0 saturated carbocycles. The van der Waals surface area contributed by atoms with Gasteiger partial charge in [0, 0.05) is 19.5 Å². The molecule has 124 valence electrons. The minimum Gasteiger partial charge on any atom is -0.496 e. The Bertz CT molecular complexity index is 816. The molecule has 1 saturated heterocycles. The van der Waals surface area contributed by atoms with Crippen molar-refractivity contribution in [2.24, 2.45) is 0 Å². The van der Waals surface area contributed by atoms with Gasteiger partial charge in [0.1, 0.15) is 11.8 Å². The van der Waals surface area contributed by atoms with Crippen molar-refractivity contribution < 1.29 is 23.9 Å². The molecule has 1 aromatic carbocycles. The third kappa shape index (κ3) is 1.89. The quantitative estimate of drug-likeness (QED) is 0.722. The monoisotopic (exact) mass is 329 g/mol. The molecule has 4 rings (SSSR count). The van der Waals surface area contributed by atoms with Crippen LogP contribution in [0.4, 0.5) is 0 Å². The topological polar surface area (TPSA) is 105 Å². The first-order chi connectivity index (χ1) is 11.5. The Labute approximate surface area is 137 Å². The van der Waals surface area contributed by atoms with Gasteiger partial charge < -0.3 is 10.1 Å². The maximum atomic E-state index is 12.9. The van der Waals surface area contributed by atoms with E-state index in [1.54, 1.807) is 6.07 Å². The van der Waals surface area contributed by atoms with E-state index in [2.05, 4.69) is 10.6 Å². The van der Waals surface area contributed by atoms with Gasteiger partial charge in [0.2, 0.25) is 11.8 Å². The third-order valence-electron chi connectivity index (χ3n) is 4.72. The zero-order valence-electron chi connectivity index (χ0n) is 13.0. The van der Waals surface area contributed by atoms with E-state index in [-0.39, 0.29) is 18.4 Å². The van der Waals surface area contributed by atoms with E-state index in [9.17, 15) is 19.2 Å². The Morgan fingerprint density at radius 1 is 1.12 bits per heavy atom. The molecule has 8 heteroatoms. The van der Waals surface area contributed by atoms with Crippen molar-refractivity contribution in [3.63, 3.8) is 0 Å². The predicted octanol–water partition coefficient (Wildman–Crippen LogP) is -0.300. The number of rotatable bonds is 2. The second kappa shape index (κ2) is 5.13. The molecule has 1 aromatic rings. The number of fused-ring (bicyclic) bond motifs is 3. The highest BCUT2D eigenvalue weighted by Crippen LogP contribution is 2.38. The third-order valence-corrected chi connectivity index (χ3v) is 4.72.